The summed E-state index contributed by atoms with van der Waals surface area (Å²) in [6.07, 6.45) is 0.435. The molecule has 1 unspecified atom stereocenters. The van der Waals surface area contributed by atoms with Crippen LogP contribution >= 0.6 is 0 Å². The first-order valence-corrected chi connectivity index (χ1v) is 11.9. The lowest BCUT2D eigenvalue weighted by Gasteiger charge is -2.18. The van der Waals surface area contributed by atoms with Gasteiger partial charge in [-0.25, -0.2) is 4.79 Å². The molecule has 0 N–H and O–H groups in total. The molecule has 1 aliphatic rings. The molecule has 1 heterocycles. The van der Waals surface area contributed by atoms with Gasteiger partial charge in [-0.05, 0) is 65.6 Å². The first kappa shape index (κ1) is 24.3. The maximum absolute atomic E-state index is 12.6. The molecule has 4 rings (SSSR count). The van der Waals surface area contributed by atoms with Crippen LogP contribution in [0.25, 0.3) is 0 Å². The summed E-state index contributed by atoms with van der Waals surface area (Å²) in [5, 5.41) is 0. The first-order valence-electron chi connectivity index (χ1n) is 11.9. The van der Waals surface area contributed by atoms with Crippen LogP contribution in [0.5, 0.6) is 11.5 Å². The Morgan fingerprint density at radius 1 is 0.914 bits per heavy atom. The van der Waals surface area contributed by atoms with Crippen LogP contribution in [0.1, 0.15) is 47.7 Å². The molecule has 0 saturated carbocycles. The normalized spacial score (nSPS) is 15.4. The van der Waals surface area contributed by atoms with E-state index in [-0.39, 0.29) is 17.8 Å². The molecule has 0 aliphatic carbocycles. The van der Waals surface area contributed by atoms with E-state index in [1.807, 2.05) is 24.3 Å². The number of hydrogen-bond acceptors (Lipinski definition) is 5. The summed E-state index contributed by atoms with van der Waals surface area (Å²) in [6, 6.07) is 22.9. The topological polar surface area (TPSA) is 65.1 Å². The largest absolute Gasteiger partial charge is 0.493 e. The summed E-state index contributed by atoms with van der Waals surface area (Å²) in [4.78, 5) is 25.9. The van der Waals surface area contributed by atoms with Gasteiger partial charge in [-0.1, -0.05) is 38.1 Å². The third-order valence-corrected chi connectivity index (χ3v) is 6.17. The number of benzene rings is 3. The van der Waals surface area contributed by atoms with Crippen molar-refractivity contribution >= 4 is 17.6 Å². The Morgan fingerprint density at radius 2 is 1.54 bits per heavy atom. The average molecular weight is 474 g/mol. The van der Waals surface area contributed by atoms with E-state index in [1.54, 1.807) is 29.2 Å². The molecule has 3 aromatic carbocycles. The Labute approximate surface area is 206 Å². The molecule has 0 bridgehead atoms. The molecule has 3 aromatic rings. The van der Waals surface area contributed by atoms with E-state index in [1.165, 1.54) is 12.7 Å². The fraction of sp³-hybridized carbons (Fsp3) is 0.310. The van der Waals surface area contributed by atoms with Crippen molar-refractivity contribution < 1.29 is 23.8 Å². The lowest BCUT2D eigenvalue weighted by atomic mass is 10.0. The summed E-state index contributed by atoms with van der Waals surface area (Å²) in [5.41, 5.74) is 3.76. The zero-order chi connectivity index (χ0) is 24.8. The van der Waals surface area contributed by atoms with Gasteiger partial charge in [0.2, 0.25) is 5.91 Å². The standard InChI is InChI=1S/C29H31NO5/c1-20(2)23-6-4-21(5-7-23)18-34-27-14-10-25(11-15-27)30-17-22(16-28(30)31)19-35-26-12-8-24(9-13-26)29(32)33-3/h4-15,20,22H,16-19H2,1-3H3. The number of esters is 1. The molecule has 0 radical (unpaired) electrons. The Bertz CT molecular complexity index is 1140. The van der Waals surface area contributed by atoms with Crippen LogP contribution in [0.3, 0.4) is 0 Å². The molecule has 182 valence electrons. The molecule has 1 aliphatic heterocycles. The minimum atomic E-state index is -0.384. The van der Waals surface area contributed by atoms with Crippen LogP contribution in [0.4, 0.5) is 5.69 Å². The predicted octanol–water partition coefficient (Wildman–Crippen LogP) is 5.61. The average Bonchev–Trinajstić information content (AvgIpc) is 3.27. The monoisotopic (exact) mass is 473 g/mol. The van der Waals surface area contributed by atoms with Crippen molar-refractivity contribution in [3.63, 3.8) is 0 Å². The van der Waals surface area contributed by atoms with Crippen LogP contribution in [-0.2, 0) is 16.1 Å². The van der Waals surface area contributed by atoms with E-state index in [2.05, 4.69) is 38.1 Å². The number of ether oxygens (including phenoxy) is 3. The van der Waals surface area contributed by atoms with Gasteiger partial charge >= 0.3 is 5.97 Å². The second-order valence-corrected chi connectivity index (χ2v) is 9.08. The highest BCUT2D eigenvalue weighted by Gasteiger charge is 2.31. The van der Waals surface area contributed by atoms with Crippen molar-refractivity contribution in [3.05, 3.63) is 89.5 Å². The molecule has 0 spiro atoms. The zero-order valence-corrected chi connectivity index (χ0v) is 20.4. The Morgan fingerprint density at radius 3 is 2.17 bits per heavy atom. The van der Waals surface area contributed by atoms with Gasteiger partial charge in [-0.3, -0.25) is 4.79 Å². The van der Waals surface area contributed by atoms with Crippen LogP contribution in [0.15, 0.2) is 72.8 Å². The maximum Gasteiger partial charge on any atom is 0.337 e. The Balaban J connectivity index is 1.27. The Hall–Kier alpha value is -3.80. The number of carbonyl (C=O) groups excluding carboxylic acids is 2. The van der Waals surface area contributed by atoms with Gasteiger partial charge in [-0.2, -0.15) is 0 Å². The minimum absolute atomic E-state index is 0.0820. The number of methoxy groups -OCH3 is 1. The van der Waals surface area contributed by atoms with Crippen molar-refractivity contribution in [2.75, 3.05) is 25.2 Å². The van der Waals surface area contributed by atoms with E-state index < -0.39 is 0 Å². The fourth-order valence-corrected chi connectivity index (χ4v) is 4.05. The second kappa shape index (κ2) is 11.1. The number of rotatable bonds is 9. The van der Waals surface area contributed by atoms with Gasteiger partial charge in [0.15, 0.2) is 0 Å². The van der Waals surface area contributed by atoms with E-state index in [0.717, 1.165) is 17.0 Å². The quantitative estimate of drug-likeness (QED) is 0.378. The fourth-order valence-electron chi connectivity index (χ4n) is 4.05. The second-order valence-electron chi connectivity index (χ2n) is 9.08. The Kier molecular flexibility index (Phi) is 7.70. The highest BCUT2D eigenvalue weighted by molar-refractivity contribution is 5.95. The summed E-state index contributed by atoms with van der Waals surface area (Å²) in [6.45, 7) is 5.89. The molecule has 1 saturated heterocycles. The van der Waals surface area contributed by atoms with Crippen molar-refractivity contribution in [2.45, 2.75) is 32.8 Å². The zero-order valence-electron chi connectivity index (χ0n) is 20.4. The molecular formula is C29H31NO5. The molecule has 1 fully saturated rings. The summed E-state index contributed by atoms with van der Waals surface area (Å²) >= 11 is 0. The van der Waals surface area contributed by atoms with Gasteiger partial charge in [0, 0.05) is 24.6 Å². The number of anilines is 1. The van der Waals surface area contributed by atoms with Gasteiger partial charge in [0.1, 0.15) is 18.1 Å². The van der Waals surface area contributed by atoms with Crippen molar-refractivity contribution in [3.8, 4) is 11.5 Å². The predicted molar refractivity (Wildman–Crippen MR) is 135 cm³/mol. The molecule has 1 atom stereocenters. The van der Waals surface area contributed by atoms with Gasteiger partial charge in [-0.15, -0.1) is 0 Å². The summed E-state index contributed by atoms with van der Waals surface area (Å²) < 4.78 is 16.5. The molecule has 6 nitrogen and oxygen atoms in total. The van der Waals surface area contributed by atoms with E-state index >= 15 is 0 Å². The molecular weight excluding hydrogens is 442 g/mol. The molecule has 0 aromatic heterocycles. The van der Waals surface area contributed by atoms with Gasteiger partial charge in [0.05, 0.1) is 19.3 Å². The van der Waals surface area contributed by atoms with Crippen LogP contribution in [-0.4, -0.2) is 32.1 Å². The van der Waals surface area contributed by atoms with E-state index in [0.29, 0.717) is 43.4 Å². The number of hydrogen-bond donors (Lipinski definition) is 0. The first-order chi connectivity index (χ1) is 16.9. The highest BCUT2D eigenvalue weighted by atomic mass is 16.5. The van der Waals surface area contributed by atoms with Crippen molar-refractivity contribution in [1.82, 2.24) is 0 Å². The molecule has 1 amide bonds. The van der Waals surface area contributed by atoms with E-state index in [4.69, 9.17) is 14.2 Å². The lowest BCUT2D eigenvalue weighted by Crippen LogP contribution is -2.25. The van der Waals surface area contributed by atoms with Gasteiger partial charge < -0.3 is 19.1 Å². The van der Waals surface area contributed by atoms with Crippen LogP contribution in [0, 0.1) is 5.92 Å². The lowest BCUT2D eigenvalue weighted by molar-refractivity contribution is -0.117. The highest BCUT2D eigenvalue weighted by Crippen LogP contribution is 2.28. The maximum atomic E-state index is 12.6. The van der Waals surface area contributed by atoms with Gasteiger partial charge in [0.25, 0.3) is 0 Å². The third kappa shape index (κ3) is 6.21. The third-order valence-electron chi connectivity index (χ3n) is 6.17. The number of amides is 1. The smallest absolute Gasteiger partial charge is 0.337 e. The van der Waals surface area contributed by atoms with Crippen molar-refractivity contribution in [1.29, 1.82) is 0 Å². The summed E-state index contributed by atoms with van der Waals surface area (Å²) in [5.74, 6) is 1.72. The number of nitrogens with zero attached hydrogens (tertiary/aromatic N) is 1. The van der Waals surface area contributed by atoms with Crippen LogP contribution in [0.2, 0.25) is 0 Å². The number of carbonyl (C=O) groups is 2. The summed E-state index contributed by atoms with van der Waals surface area (Å²) in [7, 11) is 1.35. The molecule has 35 heavy (non-hydrogen) atoms. The SMILES string of the molecule is COC(=O)c1ccc(OCC2CC(=O)N(c3ccc(OCc4ccc(C(C)C)cc4)cc3)C2)cc1. The van der Waals surface area contributed by atoms with E-state index in [9.17, 15) is 9.59 Å². The minimum Gasteiger partial charge on any atom is -0.493 e. The molecule has 6 heteroatoms. The van der Waals surface area contributed by atoms with Crippen LogP contribution < -0.4 is 14.4 Å². The van der Waals surface area contributed by atoms with Crippen molar-refractivity contribution in [2.24, 2.45) is 5.92 Å².